The largest absolute Gasteiger partial charge is 0.484 e. The van der Waals surface area contributed by atoms with Crippen LogP contribution in [0, 0.1) is 0 Å². The zero-order valence-electron chi connectivity index (χ0n) is 16.8. The van der Waals surface area contributed by atoms with Gasteiger partial charge in [-0.2, -0.15) is 4.31 Å². The number of nitrogens with one attached hydrogen (secondary N) is 1. The molecule has 2 fully saturated rings. The van der Waals surface area contributed by atoms with Gasteiger partial charge in [-0.05, 0) is 37.1 Å². The summed E-state index contributed by atoms with van der Waals surface area (Å²) in [5.74, 6) is 0.280. The van der Waals surface area contributed by atoms with E-state index in [2.05, 4.69) is 10.2 Å². The highest BCUT2D eigenvalue weighted by molar-refractivity contribution is 7.89. The Balaban J connectivity index is 1.43. The molecule has 0 aliphatic carbocycles. The maximum Gasteiger partial charge on any atom is 0.257 e. The quantitative estimate of drug-likeness (QED) is 0.671. The Kier molecular flexibility index (Phi) is 8.29. The Morgan fingerprint density at radius 1 is 1.00 bits per heavy atom. The molecule has 3 rings (SSSR count). The number of nitrogens with zero attached hydrogens (tertiary/aromatic N) is 2. The Labute approximate surface area is 173 Å². The lowest BCUT2D eigenvalue weighted by atomic mass is 10.2. The number of hydrogen-bond acceptors (Lipinski definition) is 6. The number of amides is 1. The number of rotatable bonds is 8. The molecule has 0 unspecified atom stereocenters. The minimum absolute atomic E-state index is 0.0959. The van der Waals surface area contributed by atoms with Crippen LogP contribution in [0.3, 0.4) is 0 Å². The predicted octanol–water partition coefficient (Wildman–Crippen LogP) is 1.08. The van der Waals surface area contributed by atoms with E-state index in [1.165, 1.54) is 0 Å². The second-order valence-corrected chi connectivity index (χ2v) is 9.32. The Bertz CT molecular complexity index is 740. The highest BCUT2D eigenvalue weighted by Crippen LogP contribution is 2.22. The van der Waals surface area contributed by atoms with Crippen molar-refractivity contribution in [2.45, 2.75) is 30.6 Å². The zero-order valence-corrected chi connectivity index (χ0v) is 17.7. The monoisotopic (exact) mass is 425 g/mol. The van der Waals surface area contributed by atoms with Crippen molar-refractivity contribution >= 4 is 15.9 Å². The van der Waals surface area contributed by atoms with Gasteiger partial charge >= 0.3 is 0 Å². The van der Waals surface area contributed by atoms with Crippen LogP contribution >= 0.6 is 0 Å². The van der Waals surface area contributed by atoms with Gasteiger partial charge in [0, 0.05) is 39.3 Å². The molecule has 0 spiro atoms. The smallest absolute Gasteiger partial charge is 0.257 e. The fourth-order valence-electron chi connectivity index (χ4n) is 3.52. The summed E-state index contributed by atoms with van der Waals surface area (Å²) in [7, 11) is -3.47. The van der Waals surface area contributed by atoms with Gasteiger partial charge in [-0.25, -0.2) is 8.42 Å². The maximum atomic E-state index is 12.8. The number of ether oxygens (including phenoxy) is 2. The van der Waals surface area contributed by atoms with Crippen LogP contribution in [-0.4, -0.2) is 82.6 Å². The van der Waals surface area contributed by atoms with Crippen molar-refractivity contribution in [1.82, 2.24) is 14.5 Å². The van der Waals surface area contributed by atoms with Gasteiger partial charge < -0.3 is 14.8 Å². The summed E-state index contributed by atoms with van der Waals surface area (Å²) in [6.07, 6.45) is 3.96. The van der Waals surface area contributed by atoms with Gasteiger partial charge in [0.2, 0.25) is 10.0 Å². The Morgan fingerprint density at radius 3 is 2.31 bits per heavy atom. The van der Waals surface area contributed by atoms with Crippen LogP contribution in [0.5, 0.6) is 5.75 Å². The van der Waals surface area contributed by atoms with Gasteiger partial charge in [-0.1, -0.05) is 12.8 Å². The highest BCUT2D eigenvalue weighted by Gasteiger charge is 2.25. The summed E-state index contributed by atoms with van der Waals surface area (Å²) in [4.78, 5) is 14.5. The number of benzene rings is 1. The SMILES string of the molecule is O=C(COc1ccc(S(=O)(=O)N2CCCCCC2)cc1)NCCN1CCOCC1. The second-order valence-electron chi connectivity index (χ2n) is 7.38. The molecular formula is C20H31N3O5S. The van der Waals surface area contributed by atoms with Crippen molar-refractivity contribution in [3.63, 3.8) is 0 Å². The van der Waals surface area contributed by atoms with Gasteiger partial charge in [-0.15, -0.1) is 0 Å². The molecule has 2 aliphatic heterocycles. The van der Waals surface area contributed by atoms with Crippen LogP contribution in [0.2, 0.25) is 0 Å². The van der Waals surface area contributed by atoms with Crippen LogP contribution < -0.4 is 10.1 Å². The molecule has 0 saturated carbocycles. The number of sulfonamides is 1. The van der Waals surface area contributed by atoms with E-state index in [-0.39, 0.29) is 17.4 Å². The van der Waals surface area contributed by atoms with Crippen LogP contribution in [0.15, 0.2) is 29.2 Å². The number of carbonyl (C=O) groups excluding carboxylic acids is 1. The Morgan fingerprint density at radius 2 is 1.66 bits per heavy atom. The summed E-state index contributed by atoms with van der Waals surface area (Å²) < 4.78 is 37.9. The normalized spacial score (nSPS) is 19.4. The third kappa shape index (κ3) is 6.67. The lowest BCUT2D eigenvalue weighted by Crippen LogP contribution is -2.42. The van der Waals surface area contributed by atoms with E-state index < -0.39 is 10.0 Å². The first-order chi connectivity index (χ1) is 14.1. The van der Waals surface area contributed by atoms with Crippen molar-refractivity contribution < 1.29 is 22.7 Å². The number of hydrogen-bond donors (Lipinski definition) is 1. The molecule has 9 heteroatoms. The molecule has 1 amide bonds. The van der Waals surface area contributed by atoms with Crippen LogP contribution in [0.1, 0.15) is 25.7 Å². The highest BCUT2D eigenvalue weighted by atomic mass is 32.2. The molecule has 2 saturated heterocycles. The van der Waals surface area contributed by atoms with Gasteiger partial charge in [-0.3, -0.25) is 9.69 Å². The predicted molar refractivity (Wildman–Crippen MR) is 109 cm³/mol. The van der Waals surface area contributed by atoms with Crippen molar-refractivity contribution in [1.29, 1.82) is 0 Å². The van der Waals surface area contributed by atoms with Crippen molar-refractivity contribution in [2.75, 3.05) is 59.1 Å². The third-order valence-electron chi connectivity index (χ3n) is 5.25. The molecule has 162 valence electrons. The van der Waals surface area contributed by atoms with E-state index in [4.69, 9.17) is 9.47 Å². The number of morpholine rings is 1. The van der Waals surface area contributed by atoms with E-state index in [0.29, 0.717) is 25.4 Å². The first-order valence-corrected chi connectivity index (χ1v) is 11.8. The maximum absolute atomic E-state index is 12.8. The molecule has 0 atom stereocenters. The van der Waals surface area contributed by atoms with Gasteiger partial charge in [0.15, 0.2) is 6.61 Å². The van der Waals surface area contributed by atoms with Gasteiger partial charge in [0.05, 0.1) is 18.1 Å². The first kappa shape index (κ1) is 22.0. The molecule has 2 aliphatic rings. The average molecular weight is 426 g/mol. The van der Waals surface area contributed by atoms with Crippen LogP contribution in [0.25, 0.3) is 0 Å². The lowest BCUT2D eigenvalue weighted by Gasteiger charge is -2.26. The second kappa shape index (κ2) is 10.9. The number of carbonyl (C=O) groups is 1. The average Bonchev–Trinajstić information content (AvgIpc) is 3.04. The standard InChI is InChI=1S/C20H31N3O5S/c24-20(21-9-12-22-13-15-27-16-14-22)17-28-18-5-7-19(8-6-18)29(25,26)23-10-3-1-2-4-11-23/h5-8H,1-4,9-17H2,(H,21,24). The summed E-state index contributed by atoms with van der Waals surface area (Å²) in [5.41, 5.74) is 0. The summed E-state index contributed by atoms with van der Waals surface area (Å²) in [6, 6.07) is 6.30. The fraction of sp³-hybridized carbons (Fsp3) is 0.650. The van der Waals surface area contributed by atoms with Crippen molar-refractivity contribution in [3.8, 4) is 5.75 Å². The minimum atomic E-state index is -3.47. The molecule has 8 nitrogen and oxygen atoms in total. The molecule has 0 radical (unpaired) electrons. The summed E-state index contributed by atoms with van der Waals surface area (Å²) >= 11 is 0. The first-order valence-electron chi connectivity index (χ1n) is 10.4. The van der Waals surface area contributed by atoms with Gasteiger partial charge in [0.25, 0.3) is 5.91 Å². The molecule has 0 bridgehead atoms. The lowest BCUT2D eigenvalue weighted by molar-refractivity contribution is -0.123. The van der Waals surface area contributed by atoms with Gasteiger partial charge in [0.1, 0.15) is 5.75 Å². The Hall–Kier alpha value is -1.68. The van der Waals surface area contributed by atoms with E-state index >= 15 is 0 Å². The fourth-order valence-corrected chi connectivity index (χ4v) is 5.03. The molecule has 0 aromatic heterocycles. The molecule has 1 aromatic rings. The van der Waals surface area contributed by atoms with Crippen molar-refractivity contribution in [2.24, 2.45) is 0 Å². The molecule has 29 heavy (non-hydrogen) atoms. The van der Waals surface area contributed by atoms with E-state index in [0.717, 1.165) is 58.5 Å². The van der Waals surface area contributed by atoms with E-state index in [1.54, 1.807) is 28.6 Å². The minimum Gasteiger partial charge on any atom is -0.484 e. The van der Waals surface area contributed by atoms with Crippen LogP contribution in [0.4, 0.5) is 0 Å². The molecule has 2 heterocycles. The molecular weight excluding hydrogens is 394 g/mol. The van der Waals surface area contributed by atoms with Crippen molar-refractivity contribution in [3.05, 3.63) is 24.3 Å². The topological polar surface area (TPSA) is 88.2 Å². The zero-order chi connectivity index (χ0) is 20.5. The van der Waals surface area contributed by atoms with E-state index in [9.17, 15) is 13.2 Å². The summed E-state index contributed by atoms with van der Waals surface area (Å²) in [5, 5.41) is 2.84. The summed E-state index contributed by atoms with van der Waals surface area (Å²) in [6.45, 7) is 5.66. The molecule has 1 N–H and O–H groups in total. The van der Waals surface area contributed by atoms with Crippen LogP contribution in [-0.2, 0) is 19.6 Å². The molecule has 1 aromatic carbocycles. The third-order valence-corrected chi connectivity index (χ3v) is 7.16. The van der Waals surface area contributed by atoms with E-state index in [1.807, 2.05) is 0 Å².